The minimum absolute atomic E-state index is 0.119. The SMILES string of the molecule is COCC(CNC(=O)c1cc(S(=O)(=O)Cl)cn1C)OC. The van der Waals surface area contributed by atoms with Crippen LogP contribution in [0.15, 0.2) is 17.2 Å². The van der Waals surface area contributed by atoms with Gasteiger partial charge in [-0.15, -0.1) is 0 Å². The molecule has 0 bridgehead atoms. The Morgan fingerprint density at radius 2 is 2.15 bits per heavy atom. The van der Waals surface area contributed by atoms with E-state index in [2.05, 4.69) is 5.32 Å². The Morgan fingerprint density at radius 1 is 1.50 bits per heavy atom. The Labute approximate surface area is 122 Å². The molecule has 20 heavy (non-hydrogen) atoms. The fraction of sp³-hybridized carbons (Fsp3) is 0.545. The van der Waals surface area contributed by atoms with Crippen LogP contribution in [-0.4, -0.2) is 52.4 Å². The third kappa shape index (κ3) is 4.48. The molecule has 0 aliphatic rings. The molecule has 7 nitrogen and oxygen atoms in total. The zero-order valence-electron chi connectivity index (χ0n) is 11.4. The summed E-state index contributed by atoms with van der Waals surface area (Å²) in [7, 11) is 5.97. The van der Waals surface area contributed by atoms with Gasteiger partial charge in [-0.05, 0) is 6.07 Å². The van der Waals surface area contributed by atoms with Crippen LogP contribution in [0.2, 0.25) is 0 Å². The van der Waals surface area contributed by atoms with Crippen LogP contribution in [0.5, 0.6) is 0 Å². The largest absolute Gasteiger partial charge is 0.382 e. The van der Waals surface area contributed by atoms with Gasteiger partial charge in [-0.25, -0.2) is 8.42 Å². The maximum atomic E-state index is 12.0. The van der Waals surface area contributed by atoms with Crippen molar-refractivity contribution in [3.8, 4) is 0 Å². The number of aryl methyl sites for hydroxylation is 1. The number of aromatic nitrogens is 1. The van der Waals surface area contributed by atoms with E-state index < -0.39 is 15.0 Å². The van der Waals surface area contributed by atoms with E-state index in [-0.39, 0.29) is 23.2 Å². The molecular formula is C11H17ClN2O5S. The number of methoxy groups -OCH3 is 2. The van der Waals surface area contributed by atoms with Gasteiger partial charge in [-0.2, -0.15) is 0 Å². The highest BCUT2D eigenvalue weighted by atomic mass is 35.7. The number of nitrogens with one attached hydrogen (secondary N) is 1. The second-order valence-electron chi connectivity index (χ2n) is 4.13. The lowest BCUT2D eigenvalue weighted by Crippen LogP contribution is -2.36. The van der Waals surface area contributed by atoms with Gasteiger partial charge in [-0.1, -0.05) is 0 Å². The Bertz CT molecular complexity index is 569. The fourth-order valence-electron chi connectivity index (χ4n) is 1.59. The van der Waals surface area contributed by atoms with E-state index in [1.807, 2.05) is 0 Å². The van der Waals surface area contributed by atoms with Gasteiger partial charge in [-0.3, -0.25) is 4.79 Å². The first-order chi connectivity index (χ1) is 9.29. The van der Waals surface area contributed by atoms with Gasteiger partial charge in [0.25, 0.3) is 15.0 Å². The molecule has 9 heteroatoms. The molecule has 0 fully saturated rings. The Morgan fingerprint density at radius 3 is 2.60 bits per heavy atom. The fourth-order valence-corrected chi connectivity index (χ4v) is 2.38. The summed E-state index contributed by atoms with van der Waals surface area (Å²) in [6, 6.07) is 1.22. The van der Waals surface area contributed by atoms with Crippen molar-refractivity contribution in [3.05, 3.63) is 18.0 Å². The number of hydrogen-bond donors (Lipinski definition) is 1. The number of halogens is 1. The van der Waals surface area contributed by atoms with Gasteiger partial charge in [0.05, 0.1) is 12.7 Å². The van der Waals surface area contributed by atoms with Crippen LogP contribution in [0.3, 0.4) is 0 Å². The minimum atomic E-state index is -3.86. The minimum Gasteiger partial charge on any atom is -0.382 e. The highest BCUT2D eigenvalue weighted by molar-refractivity contribution is 8.13. The third-order valence-electron chi connectivity index (χ3n) is 2.67. The lowest BCUT2D eigenvalue weighted by Gasteiger charge is -2.15. The first-order valence-electron chi connectivity index (χ1n) is 5.70. The molecule has 1 amide bonds. The predicted octanol–water partition coefficient (Wildman–Crippen LogP) is 0.344. The van der Waals surface area contributed by atoms with E-state index in [4.69, 9.17) is 20.2 Å². The topological polar surface area (TPSA) is 86.6 Å². The molecule has 0 radical (unpaired) electrons. The van der Waals surface area contributed by atoms with Crippen LogP contribution in [0.1, 0.15) is 10.5 Å². The molecule has 1 rings (SSSR count). The zero-order valence-corrected chi connectivity index (χ0v) is 13.0. The van der Waals surface area contributed by atoms with Gasteiger partial charge in [0.1, 0.15) is 10.6 Å². The first kappa shape index (κ1) is 17.0. The van der Waals surface area contributed by atoms with Crippen LogP contribution in [0.25, 0.3) is 0 Å². The van der Waals surface area contributed by atoms with Crippen LogP contribution in [0.4, 0.5) is 0 Å². The molecule has 0 saturated carbocycles. The summed E-state index contributed by atoms with van der Waals surface area (Å²) in [4.78, 5) is 11.8. The van der Waals surface area contributed by atoms with E-state index in [0.717, 1.165) is 0 Å². The van der Waals surface area contributed by atoms with Crippen molar-refractivity contribution in [1.82, 2.24) is 9.88 Å². The molecule has 0 aromatic carbocycles. The standard InChI is InChI=1S/C11H17ClN2O5S/c1-14-6-9(20(12,16)17)4-10(14)11(15)13-5-8(19-3)7-18-2/h4,6,8H,5,7H2,1-3H3,(H,13,15). The third-order valence-corrected chi connectivity index (χ3v) is 3.99. The monoisotopic (exact) mass is 324 g/mol. The Balaban J connectivity index is 2.76. The summed E-state index contributed by atoms with van der Waals surface area (Å²) in [5, 5.41) is 2.64. The van der Waals surface area contributed by atoms with E-state index >= 15 is 0 Å². The quantitative estimate of drug-likeness (QED) is 0.731. The van der Waals surface area contributed by atoms with E-state index in [1.165, 1.54) is 31.0 Å². The van der Waals surface area contributed by atoms with Crippen LogP contribution >= 0.6 is 10.7 Å². The number of carbonyl (C=O) groups excluding carboxylic acids is 1. The van der Waals surface area contributed by atoms with E-state index in [1.54, 1.807) is 7.05 Å². The number of amides is 1. The average molecular weight is 325 g/mol. The van der Waals surface area contributed by atoms with Crippen molar-refractivity contribution < 1.29 is 22.7 Å². The molecule has 0 aliphatic heterocycles. The highest BCUT2D eigenvalue weighted by Gasteiger charge is 2.19. The molecular weight excluding hydrogens is 308 g/mol. The summed E-state index contributed by atoms with van der Waals surface area (Å²) < 4.78 is 33.8. The van der Waals surface area contributed by atoms with Crippen LogP contribution in [0, 0.1) is 0 Å². The molecule has 1 heterocycles. The first-order valence-corrected chi connectivity index (χ1v) is 8.01. The van der Waals surface area contributed by atoms with Gasteiger partial charge >= 0.3 is 0 Å². The number of hydrogen-bond acceptors (Lipinski definition) is 5. The smallest absolute Gasteiger partial charge is 0.268 e. The van der Waals surface area contributed by atoms with Crippen molar-refractivity contribution in [2.75, 3.05) is 27.4 Å². The molecule has 114 valence electrons. The molecule has 0 spiro atoms. The Hall–Kier alpha value is -1.09. The van der Waals surface area contributed by atoms with Gasteiger partial charge in [0, 0.05) is 44.7 Å². The number of rotatable bonds is 7. The molecule has 1 N–H and O–H groups in total. The Kier molecular flexibility index (Phi) is 6.00. The second kappa shape index (κ2) is 7.07. The molecule has 0 aliphatic carbocycles. The van der Waals surface area contributed by atoms with Crippen molar-refractivity contribution in [1.29, 1.82) is 0 Å². The van der Waals surface area contributed by atoms with Crippen LogP contribution in [-0.2, 0) is 25.6 Å². The van der Waals surface area contributed by atoms with Gasteiger partial charge < -0.3 is 19.4 Å². The normalized spacial score (nSPS) is 13.2. The number of nitrogens with zero attached hydrogens (tertiary/aromatic N) is 1. The average Bonchev–Trinajstić information content (AvgIpc) is 2.76. The maximum absolute atomic E-state index is 12.0. The van der Waals surface area contributed by atoms with Crippen LogP contribution < -0.4 is 5.32 Å². The lowest BCUT2D eigenvalue weighted by molar-refractivity contribution is 0.0284. The molecule has 1 aromatic heterocycles. The maximum Gasteiger partial charge on any atom is 0.268 e. The summed E-state index contributed by atoms with van der Waals surface area (Å²) in [5.41, 5.74) is 0.191. The molecule has 1 aromatic rings. The number of ether oxygens (including phenoxy) is 2. The van der Waals surface area contributed by atoms with Crippen molar-refractivity contribution in [2.45, 2.75) is 11.0 Å². The van der Waals surface area contributed by atoms with Crippen molar-refractivity contribution in [3.63, 3.8) is 0 Å². The summed E-state index contributed by atoms with van der Waals surface area (Å²) in [6.45, 7) is 0.586. The molecule has 0 saturated heterocycles. The van der Waals surface area contributed by atoms with Crippen molar-refractivity contribution in [2.24, 2.45) is 7.05 Å². The summed E-state index contributed by atoms with van der Waals surface area (Å²) in [5.74, 6) is -0.419. The molecule has 1 atom stereocenters. The van der Waals surface area contributed by atoms with Crippen molar-refractivity contribution >= 4 is 25.6 Å². The number of carbonyl (C=O) groups is 1. The van der Waals surface area contributed by atoms with E-state index in [0.29, 0.717) is 6.61 Å². The molecule has 1 unspecified atom stereocenters. The lowest BCUT2D eigenvalue weighted by atomic mass is 10.3. The predicted molar refractivity (Wildman–Crippen MR) is 73.5 cm³/mol. The second-order valence-corrected chi connectivity index (χ2v) is 6.70. The summed E-state index contributed by atoms with van der Waals surface area (Å²) >= 11 is 0. The highest BCUT2D eigenvalue weighted by Crippen LogP contribution is 2.17. The zero-order chi connectivity index (χ0) is 15.3. The summed E-state index contributed by atoms with van der Waals surface area (Å²) in [6.07, 6.45) is 1.00. The van der Waals surface area contributed by atoms with Gasteiger partial charge in [0.2, 0.25) is 0 Å². The van der Waals surface area contributed by atoms with E-state index in [9.17, 15) is 13.2 Å². The van der Waals surface area contributed by atoms with Gasteiger partial charge in [0.15, 0.2) is 0 Å².